The number of rotatable bonds is 2. The number of aliphatic hydroxyl groups is 1. The summed E-state index contributed by atoms with van der Waals surface area (Å²) in [6.07, 6.45) is 2.18. The minimum absolute atomic E-state index is 0.00120. The highest BCUT2D eigenvalue weighted by molar-refractivity contribution is 8.00. The zero-order valence-corrected chi connectivity index (χ0v) is 8.94. The molecule has 0 unspecified atom stereocenters. The number of aliphatic hydroxyl groups excluding tert-OH is 1. The van der Waals surface area contributed by atoms with Gasteiger partial charge in [-0.05, 0) is 37.5 Å². The Labute approximate surface area is 91.5 Å². The summed E-state index contributed by atoms with van der Waals surface area (Å²) in [6.45, 7) is 0. The molecule has 0 amide bonds. The molecule has 1 aliphatic rings. The summed E-state index contributed by atoms with van der Waals surface area (Å²) in [7, 11) is 0. The Kier molecular flexibility index (Phi) is 3.26. The fourth-order valence-electron chi connectivity index (χ4n) is 1.77. The highest BCUT2D eigenvalue weighted by Gasteiger charge is 2.26. The standard InChI is InChI=1S/C11H12F2OS/c12-7-4-5-8(13)11(6-7)15-10-3-1-2-9(10)14/h4-6,9-10,14H,1-3H2/t9-,10-/m1/s1. The highest BCUT2D eigenvalue weighted by atomic mass is 32.2. The quantitative estimate of drug-likeness (QED) is 0.842. The van der Waals surface area contributed by atoms with Gasteiger partial charge in [-0.3, -0.25) is 0 Å². The lowest BCUT2D eigenvalue weighted by atomic mass is 10.3. The van der Waals surface area contributed by atoms with Crippen molar-refractivity contribution in [2.45, 2.75) is 35.5 Å². The Balaban J connectivity index is 2.12. The van der Waals surface area contributed by atoms with E-state index in [0.717, 1.165) is 31.4 Å². The van der Waals surface area contributed by atoms with Crippen molar-refractivity contribution in [3.63, 3.8) is 0 Å². The molecular weight excluding hydrogens is 218 g/mol. The minimum atomic E-state index is -0.439. The molecule has 0 spiro atoms. The second-order valence-corrected chi connectivity index (χ2v) is 5.01. The Hall–Kier alpha value is -0.610. The Bertz CT molecular complexity index is 356. The lowest BCUT2D eigenvalue weighted by Gasteiger charge is -2.14. The van der Waals surface area contributed by atoms with Gasteiger partial charge < -0.3 is 5.11 Å². The topological polar surface area (TPSA) is 20.2 Å². The zero-order chi connectivity index (χ0) is 10.8. The molecule has 82 valence electrons. The molecule has 1 aromatic rings. The summed E-state index contributed by atoms with van der Waals surface area (Å²) < 4.78 is 26.2. The number of halogens is 2. The average Bonchev–Trinajstić information content (AvgIpc) is 2.58. The molecule has 2 rings (SSSR count). The van der Waals surface area contributed by atoms with Crippen LogP contribution in [0.5, 0.6) is 0 Å². The maximum Gasteiger partial charge on any atom is 0.136 e. The van der Waals surface area contributed by atoms with Crippen LogP contribution in [0.15, 0.2) is 23.1 Å². The van der Waals surface area contributed by atoms with Crippen molar-refractivity contribution in [1.82, 2.24) is 0 Å². The van der Waals surface area contributed by atoms with Crippen LogP contribution in [-0.4, -0.2) is 16.5 Å². The number of hydrogen-bond acceptors (Lipinski definition) is 2. The minimum Gasteiger partial charge on any atom is -0.392 e. The van der Waals surface area contributed by atoms with Crippen LogP contribution in [0.2, 0.25) is 0 Å². The third-order valence-electron chi connectivity index (χ3n) is 2.59. The summed E-state index contributed by atoms with van der Waals surface area (Å²) in [6, 6.07) is 3.41. The molecule has 0 saturated heterocycles. The molecule has 15 heavy (non-hydrogen) atoms. The third kappa shape index (κ3) is 2.49. The van der Waals surface area contributed by atoms with E-state index in [4.69, 9.17) is 0 Å². The van der Waals surface area contributed by atoms with Crippen LogP contribution in [0.3, 0.4) is 0 Å². The molecule has 0 heterocycles. The molecule has 1 saturated carbocycles. The molecule has 1 nitrogen and oxygen atoms in total. The van der Waals surface area contributed by atoms with Gasteiger partial charge in [0.05, 0.1) is 6.10 Å². The molecule has 1 aromatic carbocycles. The van der Waals surface area contributed by atoms with Gasteiger partial charge in [0.1, 0.15) is 11.6 Å². The lowest BCUT2D eigenvalue weighted by molar-refractivity contribution is 0.188. The Morgan fingerprint density at radius 3 is 2.73 bits per heavy atom. The van der Waals surface area contributed by atoms with Crippen LogP contribution in [-0.2, 0) is 0 Å². The second kappa shape index (κ2) is 4.49. The molecule has 1 aliphatic carbocycles. The molecule has 0 radical (unpaired) electrons. The fourth-order valence-corrected chi connectivity index (χ4v) is 3.04. The van der Waals surface area contributed by atoms with Crippen LogP contribution >= 0.6 is 11.8 Å². The second-order valence-electron chi connectivity index (χ2n) is 3.73. The van der Waals surface area contributed by atoms with Gasteiger partial charge in [0, 0.05) is 10.1 Å². The van der Waals surface area contributed by atoms with Crippen LogP contribution in [0.25, 0.3) is 0 Å². The van der Waals surface area contributed by atoms with Crippen LogP contribution < -0.4 is 0 Å². The van der Waals surface area contributed by atoms with Crippen molar-refractivity contribution in [2.75, 3.05) is 0 Å². The zero-order valence-electron chi connectivity index (χ0n) is 8.12. The molecule has 0 bridgehead atoms. The predicted molar refractivity (Wildman–Crippen MR) is 55.9 cm³/mol. The lowest BCUT2D eigenvalue weighted by Crippen LogP contribution is -2.15. The van der Waals surface area contributed by atoms with Gasteiger partial charge in [-0.25, -0.2) is 8.78 Å². The summed E-state index contributed by atoms with van der Waals surface area (Å²) >= 11 is 1.24. The van der Waals surface area contributed by atoms with Gasteiger partial charge in [0.2, 0.25) is 0 Å². The molecular formula is C11H12F2OS. The summed E-state index contributed by atoms with van der Waals surface area (Å²) in [5, 5.41) is 9.57. The van der Waals surface area contributed by atoms with Gasteiger partial charge >= 0.3 is 0 Å². The van der Waals surface area contributed by atoms with Crippen molar-refractivity contribution in [1.29, 1.82) is 0 Å². The highest BCUT2D eigenvalue weighted by Crippen LogP contribution is 2.36. The normalized spacial score (nSPS) is 25.8. The monoisotopic (exact) mass is 230 g/mol. The van der Waals surface area contributed by atoms with E-state index >= 15 is 0 Å². The number of benzene rings is 1. The van der Waals surface area contributed by atoms with Gasteiger partial charge in [-0.15, -0.1) is 11.8 Å². The average molecular weight is 230 g/mol. The van der Waals surface area contributed by atoms with Crippen molar-refractivity contribution in [2.24, 2.45) is 0 Å². The summed E-state index contributed by atoms with van der Waals surface area (Å²) in [4.78, 5) is 0.293. The Morgan fingerprint density at radius 1 is 1.27 bits per heavy atom. The predicted octanol–water partition coefficient (Wildman–Crippen LogP) is 2.97. The fraction of sp³-hybridized carbons (Fsp3) is 0.455. The first-order valence-electron chi connectivity index (χ1n) is 4.96. The number of thioether (sulfide) groups is 1. The molecule has 4 heteroatoms. The largest absolute Gasteiger partial charge is 0.392 e. The van der Waals surface area contributed by atoms with Gasteiger partial charge in [0.25, 0.3) is 0 Å². The maximum atomic E-state index is 13.3. The van der Waals surface area contributed by atoms with Crippen LogP contribution in [0, 0.1) is 11.6 Å². The van der Waals surface area contributed by atoms with Crippen molar-refractivity contribution in [3.8, 4) is 0 Å². The molecule has 0 aromatic heterocycles. The van der Waals surface area contributed by atoms with E-state index in [9.17, 15) is 13.9 Å². The summed E-state index contributed by atoms with van der Waals surface area (Å²) in [5.41, 5.74) is 0. The van der Waals surface area contributed by atoms with Crippen molar-refractivity contribution < 1.29 is 13.9 Å². The smallest absolute Gasteiger partial charge is 0.136 e. The van der Waals surface area contributed by atoms with Gasteiger partial charge in [-0.2, -0.15) is 0 Å². The van der Waals surface area contributed by atoms with Gasteiger partial charge in [-0.1, -0.05) is 0 Å². The molecule has 1 N–H and O–H groups in total. The van der Waals surface area contributed by atoms with Gasteiger partial charge in [0.15, 0.2) is 0 Å². The Morgan fingerprint density at radius 2 is 2.07 bits per heavy atom. The van der Waals surface area contributed by atoms with E-state index in [1.54, 1.807) is 0 Å². The van der Waals surface area contributed by atoms with E-state index in [0.29, 0.717) is 4.90 Å². The SMILES string of the molecule is O[C@@H]1CCC[C@H]1Sc1cc(F)ccc1F. The first kappa shape index (κ1) is 10.9. The van der Waals surface area contributed by atoms with Crippen LogP contribution in [0.1, 0.15) is 19.3 Å². The van der Waals surface area contributed by atoms with Crippen LogP contribution in [0.4, 0.5) is 8.78 Å². The number of hydrogen-bond donors (Lipinski definition) is 1. The van der Waals surface area contributed by atoms with E-state index < -0.39 is 17.7 Å². The van der Waals surface area contributed by atoms with Crippen molar-refractivity contribution in [3.05, 3.63) is 29.8 Å². The van der Waals surface area contributed by atoms with E-state index in [-0.39, 0.29) is 5.25 Å². The molecule has 0 aliphatic heterocycles. The third-order valence-corrected chi connectivity index (χ3v) is 4.01. The van der Waals surface area contributed by atoms with E-state index in [2.05, 4.69) is 0 Å². The first-order chi connectivity index (χ1) is 7.16. The van der Waals surface area contributed by atoms with Crippen molar-refractivity contribution >= 4 is 11.8 Å². The molecule has 1 fully saturated rings. The maximum absolute atomic E-state index is 13.3. The molecule has 2 atom stereocenters. The van der Waals surface area contributed by atoms with E-state index in [1.807, 2.05) is 0 Å². The van der Waals surface area contributed by atoms with E-state index in [1.165, 1.54) is 17.8 Å². The summed E-state index contributed by atoms with van der Waals surface area (Å²) in [5.74, 6) is -0.855. The first-order valence-corrected chi connectivity index (χ1v) is 5.84.